The van der Waals surface area contributed by atoms with Crippen molar-refractivity contribution >= 4 is 29.3 Å². The number of benzene rings is 1. The van der Waals surface area contributed by atoms with Gasteiger partial charge in [-0.3, -0.25) is 10.1 Å². The molecule has 1 aromatic carbocycles. The lowest BCUT2D eigenvalue weighted by Gasteiger charge is -2.06. The van der Waals surface area contributed by atoms with Gasteiger partial charge in [0, 0.05) is 23.1 Å². The van der Waals surface area contributed by atoms with Gasteiger partial charge in [0.05, 0.1) is 0 Å². The van der Waals surface area contributed by atoms with Gasteiger partial charge in [-0.15, -0.1) is 0 Å². The Morgan fingerprint density at radius 1 is 1.14 bits per heavy atom. The second kappa shape index (κ2) is 5.18. The number of carbonyl (C=O) groups is 1. The number of rotatable bonds is 2. The van der Waals surface area contributed by atoms with Gasteiger partial charge in [-0.2, -0.15) is 0 Å². The Morgan fingerprint density at radius 3 is 2.48 bits per heavy atom. The van der Waals surface area contributed by atoms with Crippen LogP contribution in [0.25, 0.3) is 11.8 Å². The monoisotopic (exact) mass is 297 g/mol. The van der Waals surface area contributed by atoms with Crippen molar-refractivity contribution in [3.05, 3.63) is 59.0 Å². The van der Waals surface area contributed by atoms with Crippen LogP contribution in [0, 0.1) is 13.8 Å². The topological polar surface area (TPSA) is 46.1 Å². The Kier molecular flexibility index (Phi) is 3.35. The normalized spacial score (nSPS) is 16.2. The predicted molar refractivity (Wildman–Crippen MR) is 87.1 cm³/mol. The molecule has 1 aromatic heterocycles. The highest BCUT2D eigenvalue weighted by Crippen LogP contribution is 2.23. The summed E-state index contributed by atoms with van der Waals surface area (Å²) < 4.78 is 2.12. The van der Waals surface area contributed by atoms with Gasteiger partial charge in [0.2, 0.25) is 0 Å². The second-order valence-corrected chi connectivity index (χ2v) is 5.39. The zero-order chi connectivity index (χ0) is 15.0. The fourth-order valence-corrected chi connectivity index (χ4v) is 2.68. The molecule has 0 unspecified atom stereocenters. The summed E-state index contributed by atoms with van der Waals surface area (Å²) in [6.07, 6.45) is 3.92. The van der Waals surface area contributed by atoms with Gasteiger partial charge < -0.3 is 9.88 Å². The van der Waals surface area contributed by atoms with E-state index in [1.165, 1.54) is 0 Å². The Bertz CT molecular complexity index is 759. The maximum absolute atomic E-state index is 11.8. The molecule has 1 saturated heterocycles. The van der Waals surface area contributed by atoms with E-state index in [4.69, 9.17) is 12.2 Å². The fraction of sp³-hybridized carbons (Fsp3) is 0.125. The van der Waals surface area contributed by atoms with Crippen LogP contribution in [0.2, 0.25) is 0 Å². The number of amides is 1. The van der Waals surface area contributed by atoms with Crippen LogP contribution in [-0.4, -0.2) is 15.6 Å². The number of hydrogen-bond acceptors (Lipinski definition) is 2. The zero-order valence-electron chi connectivity index (χ0n) is 11.8. The van der Waals surface area contributed by atoms with E-state index in [9.17, 15) is 4.79 Å². The number of aryl methyl sites for hydroxylation is 1. The van der Waals surface area contributed by atoms with Crippen LogP contribution in [0.3, 0.4) is 0 Å². The minimum Gasteiger partial charge on any atom is -0.328 e. The van der Waals surface area contributed by atoms with Crippen molar-refractivity contribution in [2.45, 2.75) is 13.8 Å². The molecule has 106 valence electrons. The molecule has 2 heterocycles. The number of thiocarbonyl (C=S) groups is 1. The summed E-state index contributed by atoms with van der Waals surface area (Å²) in [7, 11) is 0. The summed E-state index contributed by atoms with van der Waals surface area (Å²) in [6, 6.07) is 10.1. The summed E-state index contributed by atoms with van der Waals surface area (Å²) in [6.45, 7) is 4.07. The molecule has 1 aliphatic rings. The average Bonchev–Trinajstić information content (AvgIpc) is 2.93. The van der Waals surface area contributed by atoms with Crippen LogP contribution in [0.15, 0.2) is 42.2 Å². The first-order valence-corrected chi connectivity index (χ1v) is 7.05. The van der Waals surface area contributed by atoms with Crippen LogP contribution < -0.4 is 10.6 Å². The second-order valence-electron chi connectivity index (χ2n) is 4.98. The van der Waals surface area contributed by atoms with E-state index in [0.717, 1.165) is 22.5 Å². The number of carbonyl (C=O) groups excluding carboxylic acids is 1. The molecule has 2 N–H and O–H groups in total. The van der Waals surface area contributed by atoms with Gasteiger partial charge in [-0.25, -0.2) is 0 Å². The molecule has 5 heteroatoms. The van der Waals surface area contributed by atoms with Gasteiger partial charge in [0.25, 0.3) is 5.91 Å². The number of nitrogens with zero attached hydrogens (tertiary/aromatic N) is 1. The van der Waals surface area contributed by atoms with Crippen LogP contribution in [-0.2, 0) is 4.79 Å². The molecule has 0 saturated carbocycles. The fourth-order valence-electron chi connectivity index (χ4n) is 2.48. The largest absolute Gasteiger partial charge is 0.328 e. The van der Waals surface area contributed by atoms with Crippen molar-refractivity contribution < 1.29 is 4.79 Å². The van der Waals surface area contributed by atoms with E-state index in [0.29, 0.717) is 10.8 Å². The van der Waals surface area contributed by atoms with E-state index < -0.39 is 0 Å². The quantitative estimate of drug-likeness (QED) is 0.661. The minimum absolute atomic E-state index is 0.189. The highest BCUT2D eigenvalue weighted by molar-refractivity contribution is 7.80. The Morgan fingerprint density at radius 2 is 1.86 bits per heavy atom. The van der Waals surface area contributed by atoms with E-state index in [1.54, 1.807) is 0 Å². The molecule has 1 amide bonds. The molecule has 2 aromatic rings. The lowest BCUT2D eigenvalue weighted by molar-refractivity contribution is -0.115. The van der Waals surface area contributed by atoms with E-state index >= 15 is 0 Å². The SMILES string of the molecule is Cc1cn(-c2ccccc2)c(C)c1/C=C1/NC(=S)NC1=O. The first kappa shape index (κ1) is 13.6. The van der Waals surface area contributed by atoms with Crippen molar-refractivity contribution in [3.63, 3.8) is 0 Å². The Balaban J connectivity index is 2.06. The third kappa shape index (κ3) is 2.48. The smallest absolute Gasteiger partial charge is 0.273 e. The molecule has 21 heavy (non-hydrogen) atoms. The molecule has 0 bridgehead atoms. The summed E-state index contributed by atoms with van der Waals surface area (Å²) in [5.41, 5.74) is 4.80. The van der Waals surface area contributed by atoms with Gasteiger partial charge >= 0.3 is 0 Å². The first-order valence-electron chi connectivity index (χ1n) is 6.64. The lowest BCUT2D eigenvalue weighted by atomic mass is 10.1. The molecule has 0 atom stereocenters. The van der Waals surface area contributed by atoms with Crippen molar-refractivity contribution in [1.29, 1.82) is 0 Å². The van der Waals surface area contributed by atoms with E-state index in [1.807, 2.05) is 38.1 Å². The first-order chi connectivity index (χ1) is 10.1. The molecule has 0 radical (unpaired) electrons. The van der Waals surface area contributed by atoms with Crippen LogP contribution >= 0.6 is 12.2 Å². The number of para-hydroxylation sites is 1. The van der Waals surface area contributed by atoms with Crippen LogP contribution in [0.1, 0.15) is 16.8 Å². The number of nitrogens with one attached hydrogen (secondary N) is 2. The van der Waals surface area contributed by atoms with Crippen molar-refractivity contribution in [1.82, 2.24) is 15.2 Å². The van der Waals surface area contributed by atoms with E-state index in [2.05, 4.69) is 33.5 Å². The molecule has 0 spiro atoms. The Labute approximate surface area is 128 Å². The lowest BCUT2D eigenvalue weighted by Crippen LogP contribution is -2.21. The molecule has 3 rings (SSSR count). The van der Waals surface area contributed by atoms with Crippen LogP contribution in [0.4, 0.5) is 0 Å². The number of aromatic nitrogens is 1. The van der Waals surface area contributed by atoms with Crippen molar-refractivity contribution in [2.75, 3.05) is 0 Å². The molecular weight excluding hydrogens is 282 g/mol. The van der Waals surface area contributed by atoms with E-state index in [-0.39, 0.29) is 5.91 Å². The standard InChI is InChI=1S/C16H15N3OS/c1-10-9-19(12-6-4-3-5-7-12)11(2)13(10)8-14-15(20)18-16(21)17-14/h3-9H,1-2H3,(H2,17,18,20,21)/b14-8+. The van der Waals surface area contributed by atoms with Crippen molar-refractivity contribution in [3.8, 4) is 5.69 Å². The van der Waals surface area contributed by atoms with Gasteiger partial charge in [-0.05, 0) is 49.8 Å². The highest BCUT2D eigenvalue weighted by Gasteiger charge is 2.21. The molecular formula is C16H15N3OS. The van der Waals surface area contributed by atoms with Crippen LogP contribution in [0.5, 0.6) is 0 Å². The van der Waals surface area contributed by atoms with Gasteiger partial charge in [0.15, 0.2) is 5.11 Å². The highest BCUT2D eigenvalue weighted by atomic mass is 32.1. The maximum Gasteiger partial charge on any atom is 0.273 e. The van der Waals surface area contributed by atoms with Crippen molar-refractivity contribution in [2.24, 2.45) is 0 Å². The van der Waals surface area contributed by atoms with Gasteiger partial charge in [0.1, 0.15) is 5.70 Å². The zero-order valence-corrected chi connectivity index (χ0v) is 12.6. The van der Waals surface area contributed by atoms with Gasteiger partial charge in [-0.1, -0.05) is 18.2 Å². The summed E-state index contributed by atoms with van der Waals surface area (Å²) in [5, 5.41) is 5.80. The summed E-state index contributed by atoms with van der Waals surface area (Å²) in [5.74, 6) is -0.189. The molecule has 1 aliphatic heterocycles. The average molecular weight is 297 g/mol. The molecule has 4 nitrogen and oxygen atoms in total. The Hall–Kier alpha value is -2.40. The minimum atomic E-state index is -0.189. The summed E-state index contributed by atoms with van der Waals surface area (Å²) >= 11 is 4.95. The molecule has 1 fully saturated rings. The third-order valence-electron chi connectivity index (χ3n) is 3.54. The summed E-state index contributed by atoms with van der Waals surface area (Å²) in [4.78, 5) is 11.8. The third-order valence-corrected chi connectivity index (χ3v) is 3.75. The molecule has 0 aliphatic carbocycles. The number of hydrogen-bond donors (Lipinski definition) is 2. The predicted octanol–water partition coefficient (Wildman–Crippen LogP) is 2.44. The maximum atomic E-state index is 11.8.